The van der Waals surface area contributed by atoms with Gasteiger partial charge < -0.3 is 14.5 Å². The lowest BCUT2D eigenvalue weighted by molar-refractivity contribution is -0.134. The minimum absolute atomic E-state index is 0.174. The Labute approximate surface area is 164 Å². The SMILES string of the molecule is CCc1ccc(C(=O)OCC(=O)N2CCN(c3ccccc3Cl)CC2)cc1. The van der Waals surface area contributed by atoms with Crippen LogP contribution in [-0.2, 0) is 16.0 Å². The molecule has 0 unspecified atom stereocenters. The van der Waals surface area contributed by atoms with Crippen LogP contribution in [0.25, 0.3) is 0 Å². The third-order valence-electron chi connectivity index (χ3n) is 4.75. The van der Waals surface area contributed by atoms with Gasteiger partial charge in [-0.25, -0.2) is 4.79 Å². The zero-order chi connectivity index (χ0) is 19.2. The fourth-order valence-corrected chi connectivity index (χ4v) is 3.34. The molecule has 1 aliphatic heterocycles. The van der Waals surface area contributed by atoms with Crippen molar-refractivity contribution < 1.29 is 14.3 Å². The quantitative estimate of drug-likeness (QED) is 0.739. The van der Waals surface area contributed by atoms with Gasteiger partial charge >= 0.3 is 5.97 Å². The second-order valence-corrected chi connectivity index (χ2v) is 6.85. The first kappa shape index (κ1) is 19.2. The average molecular weight is 387 g/mol. The molecule has 2 aromatic carbocycles. The highest BCUT2D eigenvalue weighted by atomic mass is 35.5. The van der Waals surface area contributed by atoms with Crippen LogP contribution < -0.4 is 4.90 Å². The van der Waals surface area contributed by atoms with Crippen LogP contribution in [0.4, 0.5) is 5.69 Å². The third kappa shape index (κ3) is 4.80. The summed E-state index contributed by atoms with van der Waals surface area (Å²) in [5.41, 5.74) is 2.59. The zero-order valence-corrected chi connectivity index (χ0v) is 16.1. The molecule has 1 amide bonds. The summed E-state index contributed by atoms with van der Waals surface area (Å²) in [5, 5.41) is 0.709. The maximum absolute atomic E-state index is 12.3. The molecule has 0 spiro atoms. The molecule has 1 saturated heterocycles. The summed E-state index contributed by atoms with van der Waals surface area (Å²) >= 11 is 6.24. The lowest BCUT2D eigenvalue weighted by Crippen LogP contribution is -2.50. The molecule has 0 aliphatic carbocycles. The van der Waals surface area contributed by atoms with Crippen molar-refractivity contribution in [3.63, 3.8) is 0 Å². The third-order valence-corrected chi connectivity index (χ3v) is 5.07. The van der Waals surface area contributed by atoms with E-state index in [0.29, 0.717) is 36.8 Å². The van der Waals surface area contributed by atoms with E-state index in [0.717, 1.165) is 17.7 Å². The van der Waals surface area contributed by atoms with E-state index in [9.17, 15) is 9.59 Å². The Bertz CT molecular complexity index is 799. The van der Waals surface area contributed by atoms with Crippen LogP contribution in [0.2, 0.25) is 5.02 Å². The van der Waals surface area contributed by atoms with Crippen LogP contribution in [0.1, 0.15) is 22.8 Å². The van der Waals surface area contributed by atoms with Crippen molar-refractivity contribution in [3.05, 3.63) is 64.7 Å². The number of rotatable bonds is 5. The molecule has 0 saturated carbocycles. The Morgan fingerprint density at radius 3 is 2.30 bits per heavy atom. The molecule has 1 fully saturated rings. The standard InChI is InChI=1S/C21H23ClN2O3/c1-2-16-7-9-17(10-8-16)21(26)27-15-20(25)24-13-11-23(12-14-24)19-6-4-3-5-18(19)22/h3-10H,2,11-15H2,1H3. The summed E-state index contributed by atoms with van der Waals surface area (Å²) in [4.78, 5) is 28.3. The summed E-state index contributed by atoms with van der Waals surface area (Å²) in [5.74, 6) is -0.645. The van der Waals surface area contributed by atoms with Crippen molar-refractivity contribution in [2.75, 3.05) is 37.7 Å². The molecule has 0 radical (unpaired) electrons. The fourth-order valence-electron chi connectivity index (χ4n) is 3.08. The monoisotopic (exact) mass is 386 g/mol. The summed E-state index contributed by atoms with van der Waals surface area (Å²) in [7, 11) is 0. The molecule has 0 N–H and O–H groups in total. The number of halogens is 1. The van der Waals surface area contributed by atoms with Gasteiger partial charge in [-0.1, -0.05) is 42.8 Å². The number of aryl methyl sites for hydroxylation is 1. The van der Waals surface area contributed by atoms with Crippen LogP contribution in [0.3, 0.4) is 0 Å². The number of carbonyl (C=O) groups excluding carboxylic acids is 2. The summed E-state index contributed by atoms with van der Waals surface area (Å²) in [6.45, 7) is 4.36. The second-order valence-electron chi connectivity index (χ2n) is 6.45. The predicted octanol–water partition coefficient (Wildman–Crippen LogP) is 3.41. The number of para-hydroxylation sites is 1. The first-order valence-corrected chi connectivity index (χ1v) is 9.49. The van der Waals surface area contributed by atoms with Crippen molar-refractivity contribution in [3.8, 4) is 0 Å². The van der Waals surface area contributed by atoms with Gasteiger partial charge in [-0.05, 0) is 36.2 Å². The number of carbonyl (C=O) groups is 2. The van der Waals surface area contributed by atoms with Gasteiger partial charge in [0.05, 0.1) is 16.3 Å². The second kappa shape index (κ2) is 8.91. The van der Waals surface area contributed by atoms with Crippen LogP contribution in [0, 0.1) is 0 Å². The van der Waals surface area contributed by atoms with E-state index >= 15 is 0 Å². The van der Waals surface area contributed by atoms with Gasteiger partial charge in [-0.2, -0.15) is 0 Å². The van der Waals surface area contributed by atoms with Gasteiger partial charge in [0.2, 0.25) is 0 Å². The van der Waals surface area contributed by atoms with E-state index in [2.05, 4.69) is 11.8 Å². The number of anilines is 1. The number of ether oxygens (including phenoxy) is 1. The van der Waals surface area contributed by atoms with E-state index in [1.807, 2.05) is 36.4 Å². The topological polar surface area (TPSA) is 49.9 Å². The van der Waals surface area contributed by atoms with Crippen LogP contribution in [0.5, 0.6) is 0 Å². The maximum Gasteiger partial charge on any atom is 0.338 e. The Hall–Kier alpha value is -2.53. The van der Waals surface area contributed by atoms with Gasteiger partial charge in [0.15, 0.2) is 6.61 Å². The highest BCUT2D eigenvalue weighted by Crippen LogP contribution is 2.26. The Balaban J connectivity index is 1.48. The molecule has 0 atom stereocenters. The average Bonchev–Trinajstić information content (AvgIpc) is 2.72. The normalized spacial score (nSPS) is 14.1. The van der Waals surface area contributed by atoms with Crippen molar-refractivity contribution in [1.29, 1.82) is 0 Å². The number of hydrogen-bond acceptors (Lipinski definition) is 4. The largest absolute Gasteiger partial charge is 0.452 e. The highest BCUT2D eigenvalue weighted by Gasteiger charge is 2.23. The maximum atomic E-state index is 12.3. The van der Waals surface area contributed by atoms with Gasteiger partial charge in [-0.3, -0.25) is 4.79 Å². The number of hydrogen-bond donors (Lipinski definition) is 0. The molecule has 5 nitrogen and oxygen atoms in total. The fraction of sp³-hybridized carbons (Fsp3) is 0.333. The predicted molar refractivity (Wildman–Crippen MR) is 106 cm³/mol. The van der Waals surface area contributed by atoms with Crippen molar-refractivity contribution >= 4 is 29.2 Å². The van der Waals surface area contributed by atoms with Crippen LogP contribution in [-0.4, -0.2) is 49.6 Å². The number of amides is 1. The van der Waals surface area contributed by atoms with E-state index in [1.54, 1.807) is 17.0 Å². The lowest BCUT2D eigenvalue weighted by Gasteiger charge is -2.36. The van der Waals surface area contributed by atoms with Gasteiger partial charge in [0.1, 0.15) is 0 Å². The number of benzene rings is 2. The summed E-state index contributed by atoms with van der Waals surface area (Å²) in [6, 6.07) is 14.9. The Morgan fingerprint density at radius 1 is 1.00 bits per heavy atom. The molecule has 2 aromatic rings. The molecule has 0 aromatic heterocycles. The smallest absolute Gasteiger partial charge is 0.338 e. The van der Waals surface area contributed by atoms with E-state index in [1.165, 1.54) is 0 Å². The highest BCUT2D eigenvalue weighted by molar-refractivity contribution is 6.33. The first-order chi connectivity index (χ1) is 13.1. The molecule has 1 aliphatic rings. The van der Waals surface area contributed by atoms with Crippen molar-refractivity contribution in [2.45, 2.75) is 13.3 Å². The van der Waals surface area contributed by atoms with Crippen molar-refractivity contribution in [1.82, 2.24) is 4.90 Å². The van der Waals surface area contributed by atoms with Crippen LogP contribution in [0.15, 0.2) is 48.5 Å². The number of piperazine rings is 1. The van der Waals surface area contributed by atoms with E-state index < -0.39 is 5.97 Å². The van der Waals surface area contributed by atoms with Gasteiger partial charge in [0, 0.05) is 26.2 Å². The number of esters is 1. The summed E-state index contributed by atoms with van der Waals surface area (Å²) < 4.78 is 5.18. The Kier molecular flexibility index (Phi) is 6.35. The van der Waals surface area contributed by atoms with E-state index in [4.69, 9.17) is 16.3 Å². The molecule has 6 heteroatoms. The molecule has 0 bridgehead atoms. The molecule has 142 valence electrons. The van der Waals surface area contributed by atoms with Crippen molar-refractivity contribution in [2.24, 2.45) is 0 Å². The Morgan fingerprint density at radius 2 is 1.67 bits per heavy atom. The number of nitrogens with zero attached hydrogens (tertiary/aromatic N) is 2. The molecule has 1 heterocycles. The lowest BCUT2D eigenvalue weighted by atomic mass is 10.1. The minimum atomic E-state index is -0.472. The zero-order valence-electron chi connectivity index (χ0n) is 15.4. The van der Waals surface area contributed by atoms with Gasteiger partial charge in [0.25, 0.3) is 5.91 Å². The minimum Gasteiger partial charge on any atom is -0.452 e. The first-order valence-electron chi connectivity index (χ1n) is 9.12. The molecular formula is C21H23ClN2O3. The van der Waals surface area contributed by atoms with Gasteiger partial charge in [-0.15, -0.1) is 0 Å². The van der Waals surface area contributed by atoms with E-state index in [-0.39, 0.29) is 12.5 Å². The summed E-state index contributed by atoms with van der Waals surface area (Å²) in [6.07, 6.45) is 0.911. The molecular weight excluding hydrogens is 364 g/mol. The molecule has 3 rings (SSSR count). The molecule has 27 heavy (non-hydrogen) atoms. The van der Waals surface area contributed by atoms with Crippen LogP contribution >= 0.6 is 11.6 Å².